The number of pyridine rings is 1. The predicted molar refractivity (Wildman–Crippen MR) is 109 cm³/mol. The third-order valence-electron chi connectivity index (χ3n) is 4.95. The van der Waals surface area contributed by atoms with Crippen LogP contribution in [-0.4, -0.2) is 53.2 Å². The summed E-state index contributed by atoms with van der Waals surface area (Å²) in [6.07, 6.45) is 1.70. The predicted octanol–water partition coefficient (Wildman–Crippen LogP) is 1.88. The van der Waals surface area contributed by atoms with Crippen molar-refractivity contribution in [3.63, 3.8) is 0 Å². The number of piperazine rings is 1. The largest absolute Gasteiger partial charge is 0.295 e. The van der Waals surface area contributed by atoms with Crippen LogP contribution in [0.15, 0.2) is 46.2 Å². The lowest BCUT2D eigenvalue weighted by Crippen LogP contribution is -2.48. The van der Waals surface area contributed by atoms with E-state index < -0.39 is 10.0 Å². The van der Waals surface area contributed by atoms with Gasteiger partial charge in [0.15, 0.2) is 0 Å². The van der Waals surface area contributed by atoms with Gasteiger partial charge in [-0.1, -0.05) is 6.07 Å². The fourth-order valence-electron chi connectivity index (χ4n) is 3.54. The highest BCUT2D eigenvalue weighted by atomic mass is 32.2. The molecular weight excluding hydrogens is 396 g/mol. The lowest BCUT2D eigenvalue weighted by atomic mass is 10.3. The van der Waals surface area contributed by atoms with E-state index in [-0.39, 0.29) is 5.56 Å². The molecule has 0 spiro atoms. The summed E-state index contributed by atoms with van der Waals surface area (Å²) in [5.41, 5.74) is 1.22. The summed E-state index contributed by atoms with van der Waals surface area (Å²) in [6, 6.07) is 8.76. The number of thiophene rings is 1. The molecule has 3 aromatic heterocycles. The number of nitrogens with zero attached hydrogens (tertiary/aromatic N) is 4. The molecule has 4 rings (SSSR count). The number of aryl methyl sites for hydroxylation is 2. The van der Waals surface area contributed by atoms with Crippen LogP contribution in [0.5, 0.6) is 0 Å². The summed E-state index contributed by atoms with van der Waals surface area (Å²) >= 11 is 1.51. The number of sulfonamides is 1. The van der Waals surface area contributed by atoms with Crippen LogP contribution >= 0.6 is 11.3 Å². The minimum absolute atomic E-state index is 0.106. The Morgan fingerprint density at radius 2 is 1.86 bits per heavy atom. The highest BCUT2D eigenvalue weighted by molar-refractivity contribution is 7.89. The molecule has 148 valence electrons. The van der Waals surface area contributed by atoms with Crippen molar-refractivity contribution >= 4 is 27.0 Å². The van der Waals surface area contributed by atoms with Gasteiger partial charge in [0.1, 0.15) is 5.65 Å². The van der Waals surface area contributed by atoms with Crippen LogP contribution in [0, 0.1) is 13.8 Å². The number of fused-ring (bicyclic) bond motifs is 1. The fraction of sp³-hybridized carbons (Fsp3) is 0.368. The third-order valence-corrected chi connectivity index (χ3v) is 8.07. The zero-order chi connectivity index (χ0) is 19.9. The van der Waals surface area contributed by atoms with Gasteiger partial charge >= 0.3 is 0 Å². The summed E-state index contributed by atoms with van der Waals surface area (Å²) in [4.78, 5) is 21.2. The van der Waals surface area contributed by atoms with E-state index >= 15 is 0 Å². The molecule has 0 amide bonds. The van der Waals surface area contributed by atoms with Gasteiger partial charge < -0.3 is 0 Å². The van der Waals surface area contributed by atoms with Crippen molar-refractivity contribution in [3.05, 3.63) is 62.3 Å². The zero-order valence-corrected chi connectivity index (χ0v) is 17.5. The standard InChI is InChI=1S/C19H22N4O3S2/c1-14-11-17(15(2)27-14)28(25,26)22-9-7-21(8-10-22)13-16-12-19(24)23-6-4-3-5-18(23)20-16/h3-6,11-12H,7-10,13H2,1-2H3. The summed E-state index contributed by atoms with van der Waals surface area (Å²) in [6.45, 7) is 6.39. The average Bonchev–Trinajstić information content (AvgIpc) is 3.01. The van der Waals surface area contributed by atoms with Crippen molar-refractivity contribution in [1.29, 1.82) is 0 Å². The van der Waals surface area contributed by atoms with Crippen LogP contribution in [-0.2, 0) is 16.6 Å². The molecule has 9 heteroatoms. The molecule has 28 heavy (non-hydrogen) atoms. The SMILES string of the molecule is Cc1cc(S(=O)(=O)N2CCN(Cc3cc(=O)n4ccccc4n3)CC2)c(C)s1. The van der Waals surface area contributed by atoms with Crippen molar-refractivity contribution in [1.82, 2.24) is 18.6 Å². The first-order chi connectivity index (χ1) is 13.3. The minimum atomic E-state index is -3.46. The Morgan fingerprint density at radius 3 is 2.54 bits per heavy atom. The van der Waals surface area contributed by atoms with Crippen molar-refractivity contribution in [2.45, 2.75) is 25.3 Å². The molecule has 7 nitrogen and oxygen atoms in total. The molecule has 0 unspecified atom stereocenters. The van der Waals surface area contributed by atoms with Gasteiger partial charge in [-0.2, -0.15) is 4.31 Å². The van der Waals surface area contributed by atoms with Crippen LogP contribution in [0.3, 0.4) is 0 Å². The second-order valence-corrected chi connectivity index (χ2v) is 10.3. The highest BCUT2D eigenvalue weighted by Gasteiger charge is 2.30. The van der Waals surface area contributed by atoms with Gasteiger partial charge in [0, 0.05) is 54.7 Å². The van der Waals surface area contributed by atoms with Crippen molar-refractivity contribution in [3.8, 4) is 0 Å². The molecule has 0 atom stereocenters. The first-order valence-corrected chi connectivity index (χ1v) is 11.4. The normalized spacial score (nSPS) is 16.6. The Labute approximate surface area is 167 Å². The Morgan fingerprint density at radius 1 is 1.11 bits per heavy atom. The summed E-state index contributed by atoms with van der Waals surface area (Å²) in [7, 11) is -3.46. The van der Waals surface area contributed by atoms with E-state index in [0.717, 1.165) is 9.75 Å². The maximum absolute atomic E-state index is 12.9. The van der Waals surface area contributed by atoms with E-state index in [2.05, 4.69) is 9.88 Å². The number of aromatic nitrogens is 2. The number of hydrogen-bond acceptors (Lipinski definition) is 6. The fourth-order valence-corrected chi connectivity index (χ4v) is 6.49. The van der Waals surface area contributed by atoms with E-state index in [0.29, 0.717) is 49.0 Å². The van der Waals surface area contributed by atoms with Crippen LogP contribution in [0.25, 0.3) is 5.65 Å². The van der Waals surface area contributed by atoms with E-state index in [1.54, 1.807) is 34.8 Å². The molecule has 0 N–H and O–H groups in total. The molecule has 1 saturated heterocycles. The molecule has 1 aliphatic heterocycles. The highest BCUT2D eigenvalue weighted by Crippen LogP contribution is 2.28. The number of hydrogen-bond donors (Lipinski definition) is 0. The van der Waals surface area contributed by atoms with Crippen molar-refractivity contribution in [2.24, 2.45) is 0 Å². The van der Waals surface area contributed by atoms with Crippen molar-refractivity contribution in [2.75, 3.05) is 26.2 Å². The van der Waals surface area contributed by atoms with Gasteiger partial charge in [-0.25, -0.2) is 13.4 Å². The van der Waals surface area contributed by atoms with Crippen LogP contribution in [0.4, 0.5) is 0 Å². The Balaban J connectivity index is 1.46. The topological polar surface area (TPSA) is 75.0 Å². The van der Waals surface area contributed by atoms with Gasteiger partial charge in [0.2, 0.25) is 10.0 Å². The molecular formula is C19H22N4O3S2. The van der Waals surface area contributed by atoms with Gasteiger partial charge in [0.05, 0.1) is 10.6 Å². The lowest BCUT2D eigenvalue weighted by Gasteiger charge is -2.33. The van der Waals surface area contributed by atoms with Gasteiger partial charge in [-0.15, -0.1) is 11.3 Å². The first kappa shape index (κ1) is 19.3. The molecule has 0 aliphatic carbocycles. The van der Waals surface area contributed by atoms with Gasteiger partial charge in [-0.05, 0) is 32.0 Å². The molecule has 0 aromatic carbocycles. The maximum atomic E-state index is 12.9. The maximum Gasteiger partial charge on any atom is 0.258 e. The van der Waals surface area contributed by atoms with Gasteiger partial charge in [-0.3, -0.25) is 14.1 Å². The Bertz CT molecular complexity index is 1180. The van der Waals surface area contributed by atoms with Crippen LogP contribution in [0.1, 0.15) is 15.4 Å². The number of rotatable bonds is 4. The first-order valence-electron chi connectivity index (χ1n) is 9.11. The molecule has 1 aliphatic rings. The lowest BCUT2D eigenvalue weighted by molar-refractivity contribution is 0.180. The molecule has 0 saturated carbocycles. The molecule has 4 heterocycles. The second kappa shape index (κ2) is 7.40. The quantitative estimate of drug-likeness (QED) is 0.647. The summed E-state index contributed by atoms with van der Waals surface area (Å²) in [5.74, 6) is 0. The second-order valence-electron chi connectivity index (χ2n) is 6.97. The average molecular weight is 419 g/mol. The van der Waals surface area contributed by atoms with E-state index in [1.165, 1.54) is 15.7 Å². The van der Waals surface area contributed by atoms with Crippen molar-refractivity contribution < 1.29 is 8.42 Å². The monoisotopic (exact) mass is 418 g/mol. The Hall–Kier alpha value is -2.07. The minimum Gasteiger partial charge on any atom is -0.295 e. The van der Waals surface area contributed by atoms with Crippen LogP contribution < -0.4 is 5.56 Å². The molecule has 3 aromatic rings. The zero-order valence-electron chi connectivity index (χ0n) is 15.8. The summed E-state index contributed by atoms with van der Waals surface area (Å²) < 4.78 is 28.9. The smallest absolute Gasteiger partial charge is 0.258 e. The molecule has 0 bridgehead atoms. The van der Waals surface area contributed by atoms with Crippen LogP contribution in [0.2, 0.25) is 0 Å². The third kappa shape index (κ3) is 3.62. The molecule has 0 radical (unpaired) electrons. The van der Waals surface area contributed by atoms with E-state index in [1.807, 2.05) is 19.9 Å². The molecule has 1 fully saturated rings. The van der Waals surface area contributed by atoms with Gasteiger partial charge in [0.25, 0.3) is 5.56 Å². The Kier molecular flexibility index (Phi) is 5.09. The van der Waals surface area contributed by atoms with E-state index in [4.69, 9.17) is 0 Å². The van der Waals surface area contributed by atoms with E-state index in [9.17, 15) is 13.2 Å². The summed E-state index contributed by atoms with van der Waals surface area (Å²) in [5, 5.41) is 0.